The zero-order chi connectivity index (χ0) is 19.6. The molecular weight excluding hydrogens is 429 g/mol. The van der Waals surface area contributed by atoms with Crippen molar-refractivity contribution in [2.45, 2.75) is 12.0 Å². The first-order valence-corrected chi connectivity index (χ1v) is 8.54. The number of aliphatic imine (C=N–C) groups is 1. The van der Waals surface area contributed by atoms with E-state index in [0.717, 1.165) is 12.1 Å². The number of amides is 1. The fourth-order valence-corrected chi connectivity index (χ4v) is 2.87. The van der Waals surface area contributed by atoms with Gasteiger partial charge >= 0.3 is 0 Å². The summed E-state index contributed by atoms with van der Waals surface area (Å²) < 4.78 is 47.7. The average Bonchev–Trinajstić information content (AvgIpc) is 2.63. The van der Waals surface area contributed by atoms with E-state index >= 15 is 0 Å². The van der Waals surface area contributed by atoms with Crippen LogP contribution in [0.4, 0.5) is 18.9 Å². The normalized spacial score (nSPS) is 19.7. The maximum absolute atomic E-state index is 14.4. The summed E-state index contributed by atoms with van der Waals surface area (Å²) in [7, 11) is 0. The molecule has 0 saturated heterocycles. The van der Waals surface area contributed by atoms with E-state index in [1.54, 1.807) is 6.07 Å². The maximum Gasteiger partial charge on any atom is 0.274 e. The third-order valence-corrected chi connectivity index (χ3v) is 4.40. The lowest BCUT2D eigenvalue weighted by molar-refractivity contribution is -0.0145. The lowest BCUT2D eigenvalue weighted by Crippen LogP contribution is -2.45. The second kappa shape index (κ2) is 7.65. The lowest BCUT2D eigenvalue weighted by atomic mass is 9.90. The number of hydrogen-bond donors (Lipinski definition) is 2. The summed E-state index contributed by atoms with van der Waals surface area (Å²) >= 11 is 3.21. The minimum absolute atomic E-state index is 0.107. The highest BCUT2D eigenvalue weighted by Crippen LogP contribution is 2.38. The first kappa shape index (κ1) is 19.3. The Morgan fingerprint density at radius 2 is 2.11 bits per heavy atom. The molecule has 2 heterocycles. The van der Waals surface area contributed by atoms with Crippen LogP contribution in [0.2, 0.25) is 0 Å². The molecule has 1 atom stereocenters. The molecule has 1 amide bonds. The molecule has 0 spiro atoms. The van der Waals surface area contributed by atoms with Gasteiger partial charge in [0.25, 0.3) is 12.3 Å². The highest BCUT2D eigenvalue weighted by atomic mass is 79.9. The number of amidine groups is 1. The van der Waals surface area contributed by atoms with Gasteiger partial charge in [-0.2, -0.15) is 0 Å². The predicted molar refractivity (Wildman–Crippen MR) is 96.4 cm³/mol. The first-order chi connectivity index (χ1) is 12.8. The number of aromatic nitrogens is 1. The molecule has 0 radical (unpaired) electrons. The SMILES string of the molecule is NC1=N[C@@](c2cc(NC(=O)c3ccc(Br)cn3)ccc2F)(C(F)F)COC1. The number of carbonyl (C=O) groups excluding carboxylic acids is 1. The van der Waals surface area contributed by atoms with E-state index in [1.165, 1.54) is 18.3 Å². The summed E-state index contributed by atoms with van der Waals surface area (Å²) in [5.74, 6) is -1.64. The molecule has 0 bridgehead atoms. The predicted octanol–water partition coefficient (Wildman–Crippen LogP) is 3.08. The Kier molecular flexibility index (Phi) is 5.47. The van der Waals surface area contributed by atoms with Crippen molar-refractivity contribution in [3.8, 4) is 0 Å². The number of anilines is 1. The Bertz CT molecular complexity index is 892. The number of rotatable bonds is 4. The Hall–Kier alpha value is -2.46. The smallest absolute Gasteiger partial charge is 0.274 e. The summed E-state index contributed by atoms with van der Waals surface area (Å²) in [5.41, 5.74) is 3.06. The number of nitrogens with zero attached hydrogens (tertiary/aromatic N) is 2. The summed E-state index contributed by atoms with van der Waals surface area (Å²) in [6, 6.07) is 6.44. The quantitative estimate of drug-likeness (QED) is 0.761. The van der Waals surface area contributed by atoms with Crippen molar-refractivity contribution in [1.82, 2.24) is 4.98 Å². The summed E-state index contributed by atoms with van der Waals surface area (Å²) in [6.07, 6.45) is -1.63. The minimum atomic E-state index is -3.06. The zero-order valence-corrected chi connectivity index (χ0v) is 15.3. The van der Waals surface area contributed by atoms with Gasteiger partial charge < -0.3 is 15.8 Å². The van der Waals surface area contributed by atoms with Crippen molar-refractivity contribution in [2.24, 2.45) is 10.7 Å². The van der Waals surface area contributed by atoms with Crippen LogP contribution in [0.15, 0.2) is 46.0 Å². The molecule has 142 valence electrons. The summed E-state index contributed by atoms with van der Waals surface area (Å²) in [4.78, 5) is 20.0. The largest absolute Gasteiger partial charge is 0.385 e. The van der Waals surface area contributed by atoms with E-state index in [0.29, 0.717) is 4.47 Å². The van der Waals surface area contributed by atoms with E-state index in [4.69, 9.17) is 10.5 Å². The van der Waals surface area contributed by atoms with E-state index in [-0.39, 0.29) is 23.8 Å². The van der Waals surface area contributed by atoms with E-state index in [2.05, 4.69) is 31.2 Å². The van der Waals surface area contributed by atoms with Gasteiger partial charge in [0.1, 0.15) is 24.0 Å². The van der Waals surface area contributed by atoms with Crippen LogP contribution >= 0.6 is 15.9 Å². The highest BCUT2D eigenvalue weighted by Gasteiger charge is 2.46. The fraction of sp³-hybridized carbons (Fsp3) is 0.235. The van der Waals surface area contributed by atoms with Gasteiger partial charge in [-0.05, 0) is 46.3 Å². The number of halogens is 4. The second-order valence-corrected chi connectivity index (χ2v) is 6.75. The average molecular weight is 443 g/mol. The molecule has 10 heteroatoms. The molecule has 1 aliphatic rings. The monoisotopic (exact) mass is 442 g/mol. The number of hydrogen-bond acceptors (Lipinski definition) is 5. The minimum Gasteiger partial charge on any atom is -0.385 e. The Morgan fingerprint density at radius 1 is 1.33 bits per heavy atom. The van der Waals surface area contributed by atoms with Crippen LogP contribution in [-0.2, 0) is 10.3 Å². The van der Waals surface area contributed by atoms with Gasteiger partial charge in [-0.3, -0.25) is 9.79 Å². The van der Waals surface area contributed by atoms with Crippen molar-refractivity contribution in [1.29, 1.82) is 0 Å². The third-order valence-electron chi connectivity index (χ3n) is 3.93. The van der Waals surface area contributed by atoms with Gasteiger partial charge in [-0.15, -0.1) is 0 Å². The van der Waals surface area contributed by atoms with Crippen LogP contribution in [0, 0.1) is 5.82 Å². The molecule has 0 saturated carbocycles. The molecule has 27 heavy (non-hydrogen) atoms. The van der Waals surface area contributed by atoms with Crippen molar-refractivity contribution >= 4 is 33.4 Å². The van der Waals surface area contributed by atoms with E-state index in [1.807, 2.05) is 0 Å². The molecule has 0 fully saturated rings. The van der Waals surface area contributed by atoms with Gasteiger partial charge in [-0.1, -0.05) is 0 Å². The van der Waals surface area contributed by atoms with Gasteiger partial charge in [0.05, 0.1) is 6.61 Å². The molecule has 1 aromatic heterocycles. The number of ether oxygens (including phenoxy) is 1. The Morgan fingerprint density at radius 3 is 2.74 bits per heavy atom. The molecular formula is C17H14BrF3N4O2. The Balaban J connectivity index is 1.95. The topological polar surface area (TPSA) is 89.6 Å². The van der Waals surface area contributed by atoms with Crippen LogP contribution < -0.4 is 11.1 Å². The number of carbonyl (C=O) groups is 1. The van der Waals surface area contributed by atoms with Gasteiger partial charge in [-0.25, -0.2) is 18.2 Å². The molecule has 3 rings (SSSR count). The molecule has 1 aliphatic heterocycles. The van der Waals surface area contributed by atoms with Crippen LogP contribution in [0.3, 0.4) is 0 Å². The van der Waals surface area contributed by atoms with Crippen LogP contribution in [-0.4, -0.2) is 36.4 Å². The second-order valence-electron chi connectivity index (χ2n) is 5.83. The van der Waals surface area contributed by atoms with Gasteiger partial charge in [0.2, 0.25) is 0 Å². The zero-order valence-electron chi connectivity index (χ0n) is 13.8. The van der Waals surface area contributed by atoms with Crippen LogP contribution in [0.25, 0.3) is 0 Å². The van der Waals surface area contributed by atoms with Crippen molar-refractivity contribution < 1.29 is 22.7 Å². The van der Waals surface area contributed by atoms with Crippen molar-refractivity contribution in [3.63, 3.8) is 0 Å². The maximum atomic E-state index is 14.4. The number of nitrogens with two attached hydrogens (primary N) is 1. The molecule has 0 unspecified atom stereocenters. The molecule has 3 N–H and O–H groups in total. The van der Waals surface area contributed by atoms with Crippen LogP contribution in [0.1, 0.15) is 16.1 Å². The third kappa shape index (κ3) is 3.96. The Labute approximate surface area is 160 Å². The summed E-state index contributed by atoms with van der Waals surface area (Å²) in [5, 5.41) is 2.50. The van der Waals surface area contributed by atoms with Crippen LogP contribution in [0.5, 0.6) is 0 Å². The fourth-order valence-electron chi connectivity index (χ4n) is 2.64. The summed E-state index contributed by atoms with van der Waals surface area (Å²) in [6.45, 7) is -0.643. The number of alkyl halides is 2. The number of benzene rings is 1. The van der Waals surface area contributed by atoms with E-state index in [9.17, 15) is 18.0 Å². The van der Waals surface area contributed by atoms with E-state index < -0.39 is 35.9 Å². The highest BCUT2D eigenvalue weighted by molar-refractivity contribution is 9.10. The first-order valence-electron chi connectivity index (χ1n) is 7.75. The van der Waals surface area contributed by atoms with Gasteiger partial charge in [0, 0.05) is 21.9 Å². The molecule has 0 aliphatic carbocycles. The molecule has 2 aromatic rings. The lowest BCUT2D eigenvalue weighted by Gasteiger charge is -2.33. The van der Waals surface area contributed by atoms with Gasteiger partial charge in [0.15, 0.2) is 5.54 Å². The molecule has 6 nitrogen and oxygen atoms in total. The van der Waals surface area contributed by atoms with Crippen molar-refractivity contribution in [2.75, 3.05) is 18.5 Å². The number of pyridine rings is 1. The van der Waals surface area contributed by atoms with Crippen molar-refractivity contribution in [3.05, 3.63) is 58.1 Å². The standard InChI is InChI=1S/C17H14BrF3N4O2/c18-9-1-4-13(23-6-9)15(26)24-10-2-3-12(19)11(5-10)17(16(20)21)8-27-7-14(22)25-17/h1-6,16H,7-8H2,(H2,22,25)(H,24,26)/t17-/m0/s1. The number of nitrogens with one attached hydrogen (secondary N) is 1. The molecule has 1 aromatic carbocycles.